The summed E-state index contributed by atoms with van der Waals surface area (Å²) in [7, 11) is 1.89. The van der Waals surface area contributed by atoms with Crippen LogP contribution in [0.15, 0.2) is 29.1 Å². The standard InChI is InChI=1S/C19H19ClN4O2S/c1-24(10-16(25)21-13-7-3-2-6-12(13)20)9-15-22-18(26)17-11-5-4-8-14(11)27-19(17)23-15/h2-3,6-7H,4-5,8-10H2,1H3,(H,21,25)(H,22,23,26)/p+1. The molecule has 0 aliphatic heterocycles. The number of hydrogen-bond acceptors (Lipinski definition) is 4. The first-order valence-electron chi connectivity index (χ1n) is 8.90. The van der Waals surface area contributed by atoms with E-state index >= 15 is 0 Å². The second-order valence-corrected chi connectivity index (χ2v) is 8.38. The van der Waals surface area contributed by atoms with Crippen LogP contribution in [0.5, 0.6) is 0 Å². The molecule has 1 aliphatic rings. The van der Waals surface area contributed by atoms with E-state index in [0.717, 1.165) is 34.4 Å². The second kappa shape index (κ2) is 7.42. The Hall–Kier alpha value is -2.22. The van der Waals surface area contributed by atoms with Crippen molar-refractivity contribution in [2.75, 3.05) is 18.9 Å². The minimum Gasteiger partial charge on any atom is -0.323 e. The van der Waals surface area contributed by atoms with Gasteiger partial charge >= 0.3 is 0 Å². The number of fused-ring (bicyclic) bond motifs is 3. The number of rotatable bonds is 5. The van der Waals surface area contributed by atoms with Crippen molar-refractivity contribution in [3.05, 3.63) is 55.9 Å². The topological polar surface area (TPSA) is 79.3 Å². The van der Waals surface area contributed by atoms with Crippen LogP contribution in [0.4, 0.5) is 5.69 Å². The van der Waals surface area contributed by atoms with Gasteiger partial charge in [-0.2, -0.15) is 0 Å². The summed E-state index contributed by atoms with van der Waals surface area (Å²) in [6.07, 6.45) is 3.12. The van der Waals surface area contributed by atoms with Crippen molar-refractivity contribution in [1.29, 1.82) is 0 Å². The van der Waals surface area contributed by atoms with Crippen molar-refractivity contribution in [2.45, 2.75) is 25.8 Å². The van der Waals surface area contributed by atoms with Crippen LogP contribution >= 0.6 is 22.9 Å². The van der Waals surface area contributed by atoms with Gasteiger partial charge in [0.2, 0.25) is 0 Å². The Kier molecular flexibility index (Phi) is 4.99. The van der Waals surface area contributed by atoms with Crippen LogP contribution in [0.1, 0.15) is 22.7 Å². The smallest absolute Gasteiger partial charge is 0.279 e. The van der Waals surface area contributed by atoms with E-state index < -0.39 is 0 Å². The summed E-state index contributed by atoms with van der Waals surface area (Å²) < 4.78 is 0. The maximum atomic E-state index is 12.5. The van der Waals surface area contributed by atoms with Gasteiger partial charge in [0.05, 0.1) is 23.1 Å². The van der Waals surface area contributed by atoms with Gasteiger partial charge in [0.1, 0.15) is 11.4 Å². The van der Waals surface area contributed by atoms with Crippen LogP contribution in [0.25, 0.3) is 10.2 Å². The van der Waals surface area contributed by atoms with Crippen molar-refractivity contribution in [1.82, 2.24) is 9.97 Å². The number of nitrogens with zero attached hydrogens (tertiary/aromatic N) is 1. The Morgan fingerprint density at radius 2 is 2.19 bits per heavy atom. The normalized spacial score (nSPS) is 14.3. The molecule has 140 valence electrons. The van der Waals surface area contributed by atoms with E-state index in [1.54, 1.807) is 23.5 Å². The average Bonchev–Trinajstić information content (AvgIpc) is 3.17. The van der Waals surface area contributed by atoms with Crippen molar-refractivity contribution in [2.24, 2.45) is 0 Å². The van der Waals surface area contributed by atoms with Crippen molar-refractivity contribution >= 4 is 44.7 Å². The van der Waals surface area contributed by atoms with Crippen molar-refractivity contribution in [3.8, 4) is 0 Å². The fraction of sp³-hybridized carbons (Fsp3) is 0.316. The molecule has 1 unspecified atom stereocenters. The molecule has 0 fully saturated rings. The predicted octanol–water partition coefficient (Wildman–Crippen LogP) is 1.78. The number of benzene rings is 1. The number of amides is 1. The lowest BCUT2D eigenvalue weighted by atomic mass is 10.2. The lowest BCUT2D eigenvalue weighted by Gasteiger charge is -2.13. The molecule has 3 aromatic rings. The van der Waals surface area contributed by atoms with Crippen LogP contribution in [0, 0.1) is 0 Å². The van der Waals surface area contributed by atoms with Crippen LogP contribution < -0.4 is 15.8 Å². The highest BCUT2D eigenvalue weighted by molar-refractivity contribution is 7.18. The van der Waals surface area contributed by atoms with E-state index in [-0.39, 0.29) is 18.0 Å². The average molecular weight is 404 g/mol. The maximum absolute atomic E-state index is 12.5. The molecule has 2 heterocycles. The molecule has 3 N–H and O–H groups in total. The van der Waals surface area contributed by atoms with E-state index in [9.17, 15) is 9.59 Å². The number of quaternary nitrogens is 1. The van der Waals surface area contributed by atoms with E-state index in [0.29, 0.717) is 23.1 Å². The number of para-hydroxylation sites is 1. The molecule has 27 heavy (non-hydrogen) atoms. The number of aryl methyl sites for hydroxylation is 2. The molecule has 0 saturated carbocycles. The predicted molar refractivity (Wildman–Crippen MR) is 108 cm³/mol. The summed E-state index contributed by atoms with van der Waals surface area (Å²) in [4.78, 5) is 35.3. The molecule has 0 saturated heterocycles. The van der Waals surface area contributed by atoms with Gasteiger partial charge < -0.3 is 15.2 Å². The first-order chi connectivity index (χ1) is 13.0. The lowest BCUT2D eigenvalue weighted by Crippen LogP contribution is -3.08. The van der Waals surface area contributed by atoms with Crippen molar-refractivity contribution < 1.29 is 9.69 Å². The van der Waals surface area contributed by atoms with Gasteiger partial charge in [-0.25, -0.2) is 4.98 Å². The first kappa shape index (κ1) is 18.2. The summed E-state index contributed by atoms with van der Waals surface area (Å²) >= 11 is 7.69. The zero-order chi connectivity index (χ0) is 19.0. The monoisotopic (exact) mass is 403 g/mol. The number of carbonyl (C=O) groups excluding carboxylic acids is 1. The summed E-state index contributed by atoms with van der Waals surface area (Å²) in [6, 6.07) is 7.13. The summed E-state index contributed by atoms with van der Waals surface area (Å²) in [6.45, 7) is 0.706. The van der Waals surface area contributed by atoms with Gasteiger partial charge in [-0.1, -0.05) is 23.7 Å². The molecule has 4 rings (SSSR count). The summed E-state index contributed by atoms with van der Waals surface area (Å²) in [5.41, 5.74) is 1.70. The van der Waals surface area contributed by atoms with Gasteiger partial charge in [0.15, 0.2) is 12.4 Å². The number of thiophene rings is 1. The number of nitrogens with one attached hydrogen (secondary N) is 3. The van der Waals surface area contributed by atoms with Gasteiger partial charge in [-0.3, -0.25) is 9.59 Å². The second-order valence-electron chi connectivity index (χ2n) is 6.89. The Morgan fingerprint density at radius 3 is 3.00 bits per heavy atom. The number of hydrogen-bond donors (Lipinski definition) is 3. The maximum Gasteiger partial charge on any atom is 0.279 e. The van der Waals surface area contributed by atoms with Crippen LogP contribution in [-0.2, 0) is 24.2 Å². The molecule has 1 atom stereocenters. The van der Waals surface area contributed by atoms with E-state index in [1.807, 2.05) is 19.2 Å². The van der Waals surface area contributed by atoms with Gasteiger partial charge in [-0.05, 0) is 37.0 Å². The number of aromatic nitrogens is 2. The Morgan fingerprint density at radius 1 is 1.37 bits per heavy atom. The van der Waals surface area contributed by atoms with Gasteiger partial charge in [0, 0.05) is 4.88 Å². The Balaban J connectivity index is 1.45. The third-order valence-corrected chi connectivity index (χ3v) is 6.22. The number of carbonyl (C=O) groups is 1. The van der Waals surface area contributed by atoms with Gasteiger partial charge in [0.25, 0.3) is 11.5 Å². The molecular weight excluding hydrogens is 384 g/mol. The third kappa shape index (κ3) is 3.76. The van der Waals surface area contributed by atoms with Crippen molar-refractivity contribution in [3.63, 3.8) is 0 Å². The van der Waals surface area contributed by atoms with Gasteiger partial charge in [-0.15, -0.1) is 11.3 Å². The fourth-order valence-electron chi connectivity index (χ4n) is 3.51. The molecular formula is C19H20ClN4O2S+. The lowest BCUT2D eigenvalue weighted by molar-refractivity contribution is -0.885. The molecule has 0 bridgehead atoms. The number of likely N-dealkylation sites (N-methyl/N-ethyl adjacent to an activating group) is 1. The zero-order valence-electron chi connectivity index (χ0n) is 14.9. The molecule has 1 aliphatic carbocycles. The summed E-state index contributed by atoms with van der Waals surface area (Å²) in [5.74, 6) is 0.467. The molecule has 0 radical (unpaired) electrons. The third-order valence-electron chi connectivity index (χ3n) is 4.70. The van der Waals surface area contributed by atoms with Crippen LogP contribution in [0.2, 0.25) is 5.02 Å². The highest BCUT2D eigenvalue weighted by atomic mass is 35.5. The zero-order valence-corrected chi connectivity index (χ0v) is 16.5. The number of halogens is 1. The summed E-state index contributed by atoms with van der Waals surface area (Å²) in [5, 5.41) is 4.07. The molecule has 1 aromatic carbocycles. The highest BCUT2D eigenvalue weighted by Crippen LogP contribution is 2.34. The molecule has 2 aromatic heterocycles. The Bertz CT molecular complexity index is 1080. The highest BCUT2D eigenvalue weighted by Gasteiger charge is 2.22. The largest absolute Gasteiger partial charge is 0.323 e. The van der Waals surface area contributed by atoms with E-state index in [4.69, 9.17) is 11.6 Å². The fourth-order valence-corrected chi connectivity index (χ4v) is 4.97. The number of H-pyrrole nitrogens is 1. The number of aromatic amines is 1. The first-order valence-corrected chi connectivity index (χ1v) is 10.1. The van der Waals surface area contributed by atoms with Crippen LogP contribution in [-0.4, -0.2) is 29.5 Å². The Labute approximate surface area is 165 Å². The van der Waals surface area contributed by atoms with Crippen LogP contribution in [0.3, 0.4) is 0 Å². The minimum atomic E-state index is -0.140. The van der Waals surface area contributed by atoms with E-state index in [2.05, 4.69) is 15.3 Å². The number of anilines is 1. The molecule has 1 amide bonds. The molecule has 6 nitrogen and oxygen atoms in total. The molecule has 0 spiro atoms. The minimum absolute atomic E-state index is 0.0669. The van der Waals surface area contributed by atoms with E-state index in [1.165, 1.54) is 10.4 Å². The quantitative estimate of drug-likeness (QED) is 0.607. The molecule has 8 heteroatoms. The SMILES string of the molecule is C[NH+](CC(=O)Nc1ccccc1Cl)Cc1nc2sc3c(c2c(=O)[nH]1)CCC3.